The van der Waals surface area contributed by atoms with Crippen molar-refractivity contribution in [2.45, 2.75) is 52.1 Å². The first-order valence-corrected chi connectivity index (χ1v) is 11.5. The minimum absolute atomic E-state index is 0.0800. The van der Waals surface area contributed by atoms with Crippen LogP contribution in [0.1, 0.15) is 51.5 Å². The first-order chi connectivity index (χ1) is 15.4. The molecule has 1 saturated carbocycles. The summed E-state index contributed by atoms with van der Waals surface area (Å²) in [6.45, 7) is 6.56. The van der Waals surface area contributed by atoms with Crippen LogP contribution in [0.15, 0.2) is 42.5 Å². The maximum atomic E-state index is 12.8. The number of carbonyl (C=O) groups is 2. The van der Waals surface area contributed by atoms with Gasteiger partial charge in [0.25, 0.3) is 0 Å². The van der Waals surface area contributed by atoms with Gasteiger partial charge in [0.15, 0.2) is 0 Å². The number of ether oxygens (including phenoxy) is 1. The Hall–Kier alpha value is -3.07. The average Bonchev–Trinajstić information content (AvgIpc) is 2.77. The molecule has 0 spiro atoms. The average molecular weight is 436 g/mol. The Labute approximate surface area is 190 Å². The molecule has 0 saturated heterocycles. The predicted molar refractivity (Wildman–Crippen MR) is 125 cm³/mol. The van der Waals surface area contributed by atoms with E-state index in [1.54, 1.807) is 0 Å². The Morgan fingerprint density at radius 3 is 2.59 bits per heavy atom. The molecule has 6 heteroatoms. The van der Waals surface area contributed by atoms with Crippen molar-refractivity contribution in [1.82, 2.24) is 10.6 Å². The summed E-state index contributed by atoms with van der Waals surface area (Å²) < 4.78 is 5.82. The molecule has 4 unspecified atom stereocenters. The summed E-state index contributed by atoms with van der Waals surface area (Å²) in [5, 5.41) is 16.4. The van der Waals surface area contributed by atoms with E-state index in [0.717, 1.165) is 35.6 Å². The Balaban J connectivity index is 1.71. The van der Waals surface area contributed by atoms with E-state index >= 15 is 0 Å². The zero-order chi connectivity index (χ0) is 23.1. The molecule has 3 rings (SSSR count). The van der Waals surface area contributed by atoms with Crippen LogP contribution in [0, 0.1) is 29.1 Å². The van der Waals surface area contributed by atoms with Gasteiger partial charge < -0.3 is 15.4 Å². The van der Waals surface area contributed by atoms with E-state index in [1.165, 1.54) is 0 Å². The monoisotopic (exact) mass is 435 g/mol. The standard InChI is InChI=1S/C26H33N3O3/c1-17(2)22-11-8-18(3)14-24(22)32-26(31)29-16-23(25(30)28-13-12-27)21-10-9-19-6-4-5-7-20(19)15-21/h4-7,9-10,15,17-18,22-24H,8,11,13-14,16H2,1-3H3,(H,28,30)(H,29,31). The molecule has 0 heterocycles. The van der Waals surface area contributed by atoms with Gasteiger partial charge in [0, 0.05) is 6.54 Å². The number of hydrogen-bond acceptors (Lipinski definition) is 4. The second kappa shape index (κ2) is 11.0. The smallest absolute Gasteiger partial charge is 0.407 e. The lowest BCUT2D eigenvalue weighted by Crippen LogP contribution is -2.41. The molecule has 2 amide bonds. The summed E-state index contributed by atoms with van der Waals surface area (Å²) >= 11 is 0. The molecule has 2 N–H and O–H groups in total. The van der Waals surface area contributed by atoms with Crippen LogP contribution in [0.2, 0.25) is 0 Å². The van der Waals surface area contributed by atoms with Gasteiger partial charge in [-0.3, -0.25) is 4.79 Å². The number of amides is 2. The normalized spacial score (nSPS) is 21.5. The maximum absolute atomic E-state index is 12.8. The Bertz CT molecular complexity index is 982. The van der Waals surface area contributed by atoms with E-state index in [9.17, 15) is 9.59 Å². The van der Waals surface area contributed by atoms with Crippen LogP contribution in [0.25, 0.3) is 10.8 Å². The number of carbonyl (C=O) groups excluding carboxylic acids is 2. The van der Waals surface area contributed by atoms with Crippen LogP contribution < -0.4 is 10.6 Å². The first-order valence-electron chi connectivity index (χ1n) is 11.5. The van der Waals surface area contributed by atoms with Crippen molar-refractivity contribution < 1.29 is 14.3 Å². The zero-order valence-corrected chi connectivity index (χ0v) is 19.1. The van der Waals surface area contributed by atoms with Crippen molar-refractivity contribution in [3.05, 3.63) is 48.0 Å². The number of nitriles is 1. The number of alkyl carbamates (subject to hydrolysis) is 1. The molecular formula is C26H33N3O3. The summed E-state index contributed by atoms with van der Waals surface area (Å²) in [6, 6.07) is 15.6. The van der Waals surface area contributed by atoms with Crippen LogP contribution in [0.5, 0.6) is 0 Å². The van der Waals surface area contributed by atoms with Crippen LogP contribution in [0.4, 0.5) is 4.79 Å². The van der Waals surface area contributed by atoms with Gasteiger partial charge in [0.2, 0.25) is 5.91 Å². The molecule has 1 aliphatic rings. The number of nitrogens with one attached hydrogen (secondary N) is 2. The fraction of sp³-hybridized carbons (Fsp3) is 0.500. The van der Waals surface area contributed by atoms with Crippen LogP contribution in [-0.4, -0.2) is 31.2 Å². The van der Waals surface area contributed by atoms with E-state index in [1.807, 2.05) is 48.5 Å². The molecular weight excluding hydrogens is 402 g/mol. The third-order valence-electron chi connectivity index (χ3n) is 6.50. The van der Waals surface area contributed by atoms with Gasteiger partial charge in [-0.1, -0.05) is 69.7 Å². The highest BCUT2D eigenvalue weighted by molar-refractivity contribution is 5.88. The minimum atomic E-state index is -0.619. The quantitative estimate of drug-likeness (QED) is 0.614. The van der Waals surface area contributed by atoms with Gasteiger partial charge >= 0.3 is 6.09 Å². The summed E-state index contributed by atoms with van der Waals surface area (Å²) in [4.78, 5) is 25.4. The van der Waals surface area contributed by atoms with E-state index < -0.39 is 12.0 Å². The number of nitrogens with zero attached hydrogens (tertiary/aromatic N) is 1. The van der Waals surface area contributed by atoms with Crippen molar-refractivity contribution in [3.63, 3.8) is 0 Å². The van der Waals surface area contributed by atoms with E-state index in [2.05, 4.69) is 31.4 Å². The summed E-state index contributed by atoms with van der Waals surface area (Å²) in [6.07, 6.45) is 2.49. The predicted octanol–water partition coefficient (Wildman–Crippen LogP) is 4.75. The minimum Gasteiger partial charge on any atom is -0.446 e. The lowest BCUT2D eigenvalue weighted by Gasteiger charge is -2.36. The van der Waals surface area contributed by atoms with Crippen LogP contribution in [-0.2, 0) is 9.53 Å². The second-order valence-electron chi connectivity index (χ2n) is 9.19. The summed E-state index contributed by atoms with van der Waals surface area (Å²) in [5.74, 6) is 0.416. The molecule has 1 aliphatic carbocycles. The third-order valence-corrected chi connectivity index (χ3v) is 6.50. The Kier molecular flexibility index (Phi) is 8.10. The van der Waals surface area contributed by atoms with Crippen molar-refractivity contribution in [2.24, 2.45) is 17.8 Å². The van der Waals surface area contributed by atoms with Gasteiger partial charge in [-0.15, -0.1) is 0 Å². The molecule has 0 bridgehead atoms. The van der Waals surface area contributed by atoms with E-state index in [-0.39, 0.29) is 25.1 Å². The largest absolute Gasteiger partial charge is 0.446 e. The summed E-state index contributed by atoms with van der Waals surface area (Å²) in [5.41, 5.74) is 0.783. The SMILES string of the molecule is CC1CCC(C(C)C)C(OC(=O)NCC(C(=O)NCC#N)c2ccc3ccccc3c2)C1. The van der Waals surface area contributed by atoms with Gasteiger partial charge in [0.1, 0.15) is 12.6 Å². The lowest BCUT2D eigenvalue weighted by molar-refractivity contribution is -0.122. The molecule has 0 radical (unpaired) electrons. The molecule has 32 heavy (non-hydrogen) atoms. The summed E-state index contributed by atoms with van der Waals surface area (Å²) in [7, 11) is 0. The van der Waals surface area contributed by atoms with Crippen molar-refractivity contribution in [2.75, 3.05) is 13.1 Å². The topological polar surface area (TPSA) is 91.2 Å². The van der Waals surface area contributed by atoms with Crippen LogP contribution in [0.3, 0.4) is 0 Å². The van der Waals surface area contributed by atoms with Gasteiger partial charge in [-0.25, -0.2) is 4.79 Å². The van der Waals surface area contributed by atoms with Gasteiger partial charge in [0.05, 0.1) is 12.0 Å². The molecule has 6 nitrogen and oxygen atoms in total. The van der Waals surface area contributed by atoms with E-state index in [4.69, 9.17) is 10.00 Å². The fourth-order valence-electron chi connectivity index (χ4n) is 4.65. The van der Waals surface area contributed by atoms with E-state index in [0.29, 0.717) is 17.8 Å². The molecule has 2 aromatic rings. The van der Waals surface area contributed by atoms with Crippen molar-refractivity contribution in [1.29, 1.82) is 5.26 Å². The molecule has 4 atom stereocenters. The maximum Gasteiger partial charge on any atom is 0.407 e. The van der Waals surface area contributed by atoms with Gasteiger partial charge in [-0.05, 0) is 46.9 Å². The molecule has 2 aromatic carbocycles. The third kappa shape index (κ3) is 6.00. The van der Waals surface area contributed by atoms with Crippen molar-refractivity contribution in [3.8, 4) is 6.07 Å². The molecule has 0 aromatic heterocycles. The lowest BCUT2D eigenvalue weighted by atomic mass is 9.75. The highest BCUT2D eigenvalue weighted by Crippen LogP contribution is 2.35. The zero-order valence-electron chi connectivity index (χ0n) is 19.1. The number of benzene rings is 2. The number of rotatable bonds is 7. The molecule has 170 valence electrons. The fourth-order valence-corrected chi connectivity index (χ4v) is 4.65. The highest BCUT2D eigenvalue weighted by atomic mass is 16.6. The molecule has 1 fully saturated rings. The highest BCUT2D eigenvalue weighted by Gasteiger charge is 2.33. The number of fused-ring (bicyclic) bond motifs is 1. The Morgan fingerprint density at radius 2 is 1.88 bits per heavy atom. The molecule has 0 aliphatic heterocycles. The van der Waals surface area contributed by atoms with Crippen LogP contribution >= 0.6 is 0 Å². The van der Waals surface area contributed by atoms with Crippen molar-refractivity contribution >= 4 is 22.8 Å². The Morgan fingerprint density at radius 1 is 1.12 bits per heavy atom. The first kappa shape index (κ1) is 23.6. The number of hydrogen-bond donors (Lipinski definition) is 2. The van der Waals surface area contributed by atoms with Gasteiger partial charge in [-0.2, -0.15) is 5.26 Å². The second-order valence-corrected chi connectivity index (χ2v) is 9.19.